The van der Waals surface area contributed by atoms with Gasteiger partial charge in [-0.15, -0.1) is 0 Å². The molecule has 1 heterocycles. The molecule has 0 spiro atoms. The van der Waals surface area contributed by atoms with Crippen molar-refractivity contribution in [3.8, 4) is 0 Å². The maximum atomic E-state index is 12.2. The summed E-state index contributed by atoms with van der Waals surface area (Å²) in [6.45, 7) is 2.88. The number of ketones is 1. The summed E-state index contributed by atoms with van der Waals surface area (Å²) in [5, 5.41) is 2.80. The van der Waals surface area contributed by atoms with Crippen LogP contribution in [-0.4, -0.2) is 24.3 Å². The molecule has 1 aliphatic rings. The van der Waals surface area contributed by atoms with Crippen LogP contribution in [0.1, 0.15) is 84.0 Å². The fourth-order valence-corrected chi connectivity index (χ4v) is 3.17. The van der Waals surface area contributed by atoms with Gasteiger partial charge in [-0.2, -0.15) is 0 Å². The molecule has 128 valence electrons. The van der Waals surface area contributed by atoms with Crippen LogP contribution in [0.2, 0.25) is 0 Å². The summed E-state index contributed by atoms with van der Waals surface area (Å²) in [5.41, 5.74) is 6.00. The Kier molecular flexibility index (Phi) is 10.1. The van der Waals surface area contributed by atoms with Crippen molar-refractivity contribution in [2.45, 2.75) is 90.0 Å². The molecule has 1 saturated heterocycles. The van der Waals surface area contributed by atoms with E-state index in [1.807, 2.05) is 0 Å². The highest BCUT2D eigenvalue weighted by molar-refractivity contribution is 6.02. The van der Waals surface area contributed by atoms with Crippen LogP contribution in [0.25, 0.3) is 0 Å². The topological polar surface area (TPSA) is 72.2 Å². The van der Waals surface area contributed by atoms with Crippen molar-refractivity contribution in [2.75, 3.05) is 6.54 Å². The Labute approximate surface area is 135 Å². The van der Waals surface area contributed by atoms with Crippen molar-refractivity contribution in [3.63, 3.8) is 0 Å². The second-order valence-electron chi connectivity index (χ2n) is 6.62. The van der Waals surface area contributed by atoms with Crippen LogP contribution in [0.5, 0.6) is 0 Å². The lowest BCUT2D eigenvalue weighted by Crippen LogP contribution is -2.43. The van der Waals surface area contributed by atoms with Crippen LogP contribution in [0.15, 0.2) is 0 Å². The summed E-state index contributed by atoms with van der Waals surface area (Å²) >= 11 is 0. The molecule has 1 rings (SSSR count). The Morgan fingerprint density at radius 3 is 2.32 bits per heavy atom. The van der Waals surface area contributed by atoms with Gasteiger partial charge in [0.2, 0.25) is 5.91 Å². The van der Waals surface area contributed by atoms with Crippen LogP contribution < -0.4 is 11.1 Å². The highest BCUT2D eigenvalue weighted by atomic mass is 16.2. The fraction of sp³-hybridized carbons (Fsp3) is 0.889. The lowest BCUT2D eigenvalue weighted by Gasteiger charge is -2.18. The van der Waals surface area contributed by atoms with Gasteiger partial charge in [-0.3, -0.25) is 9.59 Å². The molecule has 1 fully saturated rings. The van der Waals surface area contributed by atoms with E-state index in [1.165, 1.54) is 44.9 Å². The first-order valence-electron chi connectivity index (χ1n) is 9.22. The summed E-state index contributed by atoms with van der Waals surface area (Å²) in [7, 11) is 0. The third-order valence-electron chi connectivity index (χ3n) is 4.60. The number of nitrogens with one attached hydrogen (secondary N) is 1. The van der Waals surface area contributed by atoms with Gasteiger partial charge in [0.15, 0.2) is 0 Å². The van der Waals surface area contributed by atoms with Crippen LogP contribution >= 0.6 is 0 Å². The average molecular weight is 310 g/mol. The molecule has 0 bridgehead atoms. The van der Waals surface area contributed by atoms with E-state index in [0.717, 1.165) is 25.7 Å². The first kappa shape index (κ1) is 19.1. The largest absolute Gasteiger partial charge is 0.355 e. The normalized spacial score (nSPS) is 22.2. The lowest BCUT2D eigenvalue weighted by molar-refractivity contribution is -0.134. The van der Waals surface area contributed by atoms with Gasteiger partial charge in [-0.05, 0) is 19.3 Å². The number of rotatable bonds is 11. The van der Waals surface area contributed by atoms with E-state index in [9.17, 15) is 9.59 Å². The first-order valence-corrected chi connectivity index (χ1v) is 9.22. The molecule has 3 N–H and O–H groups in total. The average Bonchev–Trinajstić information content (AvgIpc) is 2.66. The van der Waals surface area contributed by atoms with E-state index in [2.05, 4.69) is 12.2 Å². The Bertz CT molecular complexity index is 331. The molecule has 22 heavy (non-hydrogen) atoms. The third-order valence-corrected chi connectivity index (χ3v) is 4.60. The standard InChI is InChI=1S/C18H34N2O2/c1-2-3-4-5-6-7-8-9-10-13-16(21)17-15(19)12-11-14-20-18(17)22/h15,17H,2-14,19H2,1H3,(H,20,22). The monoisotopic (exact) mass is 310 g/mol. The number of nitrogens with two attached hydrogens (primary N) is 1. The minimum Gasteiger partial charge on any atom is -0.355 e. The van der Waals surface area contributed by atoms with Gasteiger partial charge in [0.25, 0.3) is 0 Å². The molecule has 0 radical (unpaired) electrons. The van der Waals surface area contributed by atoms with Gasteiger partial charge >= 0.3 is 0 Å². The SMILES string of the molecule is CCCCCCCCCCCC(=O)C1C(=O)NCCCC1N. The number of carbonyl (C=O) groups excluding carboxylic acids is 2. The van der Waals surface area contributed by atoms with E-state index in [-0.39, 0.29) is 17.7 Å². The summed E-state index contributed by atoms with van der Waals surface area (Å²) < 4.78 is 0. The number of carbonyl (C=O) groups is 2. The van der Waals surface area contributed by atoms with Crippen LogP contribution in [0.3, 0.4) is 0 Å². The van der Waals surface area contributed by atoms with Crippen LogP contribution in [0, 0.1) is 5.92 Å². The number of amides is 1. The molecule has 4 nitrogen and oxygen atoms in total. The number of hydrogen-bond acceptors (Lipinski definition) is 3. The van der Waals surface area contributed by atoms with E-state index < -0.39 is 5.92 Å². The van der Waals surface area contributed by atoms with Gasteiger partial charge < -0.3 is 11.1 Å². The zero-order chi connectivity index (χ0) is 16.2. The Balaban J connectivity index is 2.10. The summed E-state index contributed by atoms with van der Waals surface area (Å²) in [6.07, 6.45) is 13.2. The molecule has 1 aliphatic heterocycles. The van der Waals surface area contributed by atoms with Gasteiger partial charge in [-0.1, -0.05) is 58.3 Å². The van der Waals surface area contributed by atoms with Crippen LogP contribution in [-0.2, 0) is 9.59 Å². The van der Waals surface area contributed by atoms with E-state index in [0.29, 0.717) is 13.0 Å². The van der Waals surface area contributed by atoms with Crippen molar-refractivity contribution >= 4 is 11.7 Å². The van der Waals surface area contributed by atoms with E-state index >= 15 is 0 Å². The van der Waals surface area contributed by atoms with Crippen LogP contribution in [0.4, 0.5) is 0 Å². The molecule has 4 heteroatoms. The summed E-state index contributed by atoms with van der Waals surface area (Å²) in [6, 6.07) is -0.298. The minimum absolute atomic E-state index is 0.0369. The number of unbranched alkanes of at least 4 members (excludes halogenated alkanes) is 8. The van der Waals surface area contributed by atoms with Gasteiger partial charge in [0.05, 0.1) is 0 Å². The molecule has 2 unspecified atom stereocenters. The molecule has 1 amide bonds. The maximum Gasteiger partial charge on any atom is 0.232 e. The predicted molar refractivity (Wildman–Crippen MR) is 90.6 cm³/mol. The van der Waals surface area contributed by atoms with Gasteiger partial charge in [-0.25, -0.2) is 0 Å². The van der Waals surface area contributed by atoms with E-state index in [4.69, 9.17) is 5.73 Å². The Hall–Kier alpha value is -0.900. The van der Waals surface area contributed by atoms with Crippen molar-refractivity contribution in [2.24, 2.45) is 11.7 Å². The molecule has 0 saturated carbocycles. The van der Waals surface area contributed by atoms with Crippen molar-refractivity contribution in [3.05, 3.63) is 0 Å². The van der Waals surface area contributed by atoms with Gasteiger partial charge in [0.1, 0.15) is 11.7 Å². The molecule has 0 aliphatic carbocycles. The van der Waals surface area contributed by atoms with Gasteiger partial charge in [0, 0.05) is 19.0 Å². The molecule has 0 aromatic carbocycles. The molecule has 2 atom stereocenters. The quantitative estimate of drug-likeness (QED) is 0.454. The minimum atomic E-state index is -0.614. The first-order chi connectivity index (χ1) is 10.7. The number of Topliss-reactive ketones (excluding diaryl/α,β-unsaturated/α-hetero) is 1. The van der Waals surface area contributed by atoms with Crippen molar-refractivity contribution < 1.29 is 9.59 Å². The second kappa shape index (κ2) is 11.6. The highest BCUT2D eigenvalue weighted by Gasteiger charge is 2.33. The fourth-order valence-electron chi connectivity index (χ4n) is 3.17. The lowest BCUT2D eigenvalue weighted by atomic mass is 9.90. The third kappa shape index (κ3) is 7.39. The molecular weight excluding hydrogens is 276 g/mol. The smallest absolute Gasteiger partial charge is 0.232 e. The number of hydrogen-bond donors (Lipinski definition) is 2. The van der Waals surface area contributed by atoms with E-state index in [1.54, 1.807) is 0 Å². The summed E-state index contributed by atoms with van der Waals surface area (Å²) in [4.78, 5) is 24.2. The van der Waals surface area contributed by atoms with Crippen molar-refractivity contribution in [1.29, 1.82) is 0 Å². The Morgan fingerprint density at radius 1 is 1.09 bits per heavy atom. The Morgan fingerprint density at radius 2 is 1.68 bits per heavy atom. The summed E-state index contributed by atoms with van der Waals surface area (Å²) in [5.74, 6) is -0.739. The predicted octanol–water partition coefficient (Wildman–Crippen LogP) is 3.33. The zero-order valence-corrected chi connectivity index (χ0v) is 14.2. The highest BCUT2D eigenvalue weighted by Crippen LogP contribution is 2.17. The van der Waals surface area contributed by atoms with Crippen molar-refractivity contribution in [1.82, 2.24) is 5.32 Å². The molecular formula is C18H34N2O2. The molecule has 0 aromatic heterocycles. The second-order valence-corrected chi connectivity index (χ2v) is 6.62. The molecule has 0 aromatic rings. The zero-order valence-electron chi connectivity index (χ0n) is 14.2. The maximum absolute atomic E-state index is 12.2.